The minimum Gasteiger partial charge on any atom is -0.480 e. The van der Waals surface area contributed by atoms with Crippen molar-refractivity contribution in [2.75, 3.05) is 0 Å². The first-order valence-corrected chi connectivity index (χ1v) is 10.1. The molecular formula is C20H20N2O4S. The Morgan fingerprint density at radius 1 is 1.19 bits per heavy atom. The number of carboxylic acid groups (broad SMARTS) is 1. The number of hydrogen-bond donors (Lipinski definition) is 2. The maximum atomic E-state index is 13.3. The maximum absolute atomic E-state index is 13.3. The van der Waals surface area contributed by atoms with E-state index < -0.39 is 22.0 Å². The van der Waals surface area contributed by atoms with Gasteiger partial charge in [-0.1, -0.05) is 30.3 Å². The van der Waals surface area contributed by atoms with E-state index in [2.05, 4.69) is 4.98 Å². The Hall–Kier alpha value is -2.64. The lowest BCUT2D eigenvalue weighted by molar-refractivity contribution is -0.141. The number of para-hydroxylation sites is 1. The molecule has 1 atom stereocenters. The van der Waals surface area contributed by atoms with E-state index in [-0.39, 0.29) is 17.9 Å². The van der Waals surface area contributed by atoms with Gasteiger partial charge >= 0.3 is 5.97 Å². The van der Waals surface area contributed by atoms with E-state index in [0.717, 1.165) is 32.0 Å². The lowest BCUT2D eigenvalue weighted by atomic mass is 9.99. The van der Waals surface area contributed by atoms with E-state index in [1.807, 2.05) is 37.3 Å². The largest absolute Gasteiger partial charge is 0.480 e. The van der Waals surface area contributed by atoms with Crippen LogP contribution in [0.25, 0.3) is 10.9 Å². The normalized spacial score (nSPS) is 17.8. The van der Waals surface area contributed by atoms with Gasteiger partial charge < -0.3 is 10.1 Å². The van der Waals surface area contributed by atoms with Crippen LogP contribution in [-0.4, -0.2) is 34.8 Å². The number of fused-ring (bicyclic) bond motifs is 3. The monoisotopic (exact) mass is 384 g/mol. The van der Waals surface area contributed by atoms with E-state index in [4.69, 9.17) is 0 Å². The summed E-state index contributed by atoms with van der Waals surface area (Å²) in [5.41, 5.74) is 3.94. The van der Waals surface area contributed by atoms with Crippen molar-refractivity contribution in [2.45, 2.75) is 37.8 Å². The highest BCUT2D eigenvalue weighted by Gasteiger charge is 2.41. The third kappa shape index (κ3) is 2.83. The Balaban J connectivity index is 1.86. The molecule has 0 bridgehead atoms. The molecule has 0 amide bonds. The van der Waals surface area contributed by atoms with Gasteiger partial charge in [-0.25, -0.2) is 8.42 Å². The number of benzene rings is 2. The number of rotatable bonds is 3. The van der Waals surface area contributed by atoms with E-state index >= 15 is 0 Å². The summed E-state index contributed by atoms with van der Waals surface area (Å²) in [5.74, 6) is -1.14. The molecule has 2 aromatic carbocycles. The Morgan fingerprint density at radius 3 is 2.67 bits per heavy atom. The van der Waals surface area contributed by atoms with Gasteiger partial charge in [-0.15, -0.1) is 0 Å². The number of carbonyl (C=O) groups is 1. The van der Waals surface area contributed by atoms with Crippen LogP contribution in [0.2, 0.25) is 0 Å². The summed E-state index contributed by atoms with van der Waals surface area (Å²) in [6.45, 7) is 3.55. The number of sulfonamides is 1. The van der Waals surface area contributed by atoms with Gasteiger partial charge in [-0.05, 0) is 42.7 Å². The Morgan fingerprint density at radius 2 is 1.93 bits per heavy atom. The summed E-state index contributed by atoms with van der Waals surface area (Å²) >= 11 is 0. The first-order valence-electron chi connectivity index (χ1n) is 8.69. The van der Waals surface area contributed by atoms with Crippen molar-refractivity contribution in [3.8, 4) is 0 Å². The highest BCUT2D eigenvalue weighted by Crippen LogP contribution is 2.34. The van der Waals surface area contributed by atoms with Crippen LogP contribution in [0.15, 0.2) is 47.4 Å². The first kappa shape index (κ1) is 17.8. The first-order chi connectivity index (χ1) is 12.8. The average Bonchev–Trinajstić information content (AvgIpc) is 3.00. The molecule has 6 nitrogen and oxygen atoms in total. The fourth-order valence-electron chi connectivity index (χ4n) is 3.76. The van der Waals surface area contributed by atoms with Crippen LogP contribution in [0.5, 0.6) is 0 Å². The number of aromatic amines is 1. The van der Waals surface area contributed by atoms with Crippen molar-refractivity contribution in [2.24, 2.45) is 0 Å². The Kier molecular flexibility index (Phi) is 4.09. The van der Waals surface area contributed by atoms with Gasteiger partial charge in [0.1, 0.15) is 6.04 Å². The molecule has 1 aliphatic heterocycles. The van der Waals surface area contributed by atoms with E-state index in [0.29, 0.717) is 5.56 Å². The quantitative estimate of drug-likeness (QED) is 0.726. The van der Waals surface area contributed by atoms with Crippen molar-refractivity contribution in [1.82, 2.24) is 9.29 Å². The molecule has 0 radical (unpaired) electrons. The number of H-pyrrole nitrogens is 1. The van der Waals surface area contributed by atoms with Gasteiger partial charge in [-0.2, -0.15) is 4.31 Å². The van der Waals surface area contributed by atoms with Gasteiger partial charge in [0, 0.05) is 23.0 Å². The minimum absolute atomic E-state index is 0.0106. The second-order valence-electron chi connectivity index (χ2n) is 7.01. The molecule has 27 heavy (non-hydrogen) atoms. The number of aliphatic carboxylic acids is 1. The fraction of sp³-hybridized carbons (Fsp3) is 0.250. The molecular weight excluding hydrogens is 364 g/mol. The zero-order valence-electron chi connectivity index (χ0n) is 15.1. The predicted octanol–water partition coefficient (Wildman–Crippen LogP) is 2.98. The second kappa shape index (κ2) is 6.21. The SMILES string of the molecule is Cc1ccc(C)c(S(=O)(=O)N2Cc3[nH]c4ccccc4c3CC2C(=O)O)c1. The van der Waals surface area contributed by atoms with E-state index in [9.17, 15) is 18.3 Å². The van der Waals surface area contributed by atoms with Crippen LogP contribution in [0.4, 0.5) is 0 Å². The number of nitrogens with zero attached hydrogens (tertiary/aromatic N) is 1. The topological polar surface area (TPSA) is 90.5 Å². The van der Waals surface area contributed by atoms with Gasteiger partial charge in [0.25, 0.3) is 0 Å². The molecule has 2 heterocycles. The third-order valence-corrected chi connectivity index (χ3v) is 7.17. The lowest BCUT2D eigenvalue weighted by Gasteiger charge is -2.32. The summed E-state index contributed by atoms with van der Waals surface area (Å²) in [4.78, 5) is 15.4. The number of aryl methyl sites for hydroxylation is 2. The summed E-state index contributed by atoms with van der Waals surface area (Å²) in [5, 5.41) is 10.7. The summed E-state index contributed by atoms with van der Waals surface area (Å²) in [6.07, 6.45) is 0.138. The Bertz CT molecular complexity index is 1160. The highest BCUT2D eigenvalue weighted by molar-refractivity contribution is 7.89. The summed E-state index contributed by atoms with van der Waals surface area (Å²) in [7, 11) is -3.96. The van der Waals surface area contributed by atoms with Gasteiger partial charge in [0.2, 0.25) is 10.0 Å². The molecule has 1 unspecified atom stereocenters. The number of hydrogen-bond acceptors (Lipinski definition) is 3. The summed E-state index contributed by atoms with van der Waals surface area (Å²) < 4.78 is 27.8. The van der Waals surface area contributed by atoms with Gasteiger partial charge in [0.05, 0.1) is 11.4 Å². The Labute approximate surface area is 157 Å². The zero-order chi connectivity index (χ0) is 19.3. The van der Waals surface area contributed by atoms with E-state index in [1.165, 1.54) is 0 Å². The lowest BCUT2D eigenvalue weighted by Crippen LogP contribution is -2.48. The van der Waals surface area contributed by atoms with Crippen LogP contribution < -0.4 is 0 Å². The zero-order valence-corrected chi connectivity index (χ0v) is 15.9. The van der Waals surface area contributed by atoms with E-state index in [1.54, 1.807) is 19.1 Å². The average molecular weight is 384 g/mol. The standard InChI is InChI=1S/C20H20N2O4S/c1-12-7-8-13(2)19(9-12)27(25,26)22-11-17-15(10-18(22)20(23)24)14-5-3-4-6-16(14)21-17/h3-9,18,21H,10-11H2,1-2H3,(H,23,24). The molecule has 1 aromatic heterocycles. The van der Waals surface area contributed by atoms with Crippen LogP contribution in [0.1, 0.15) is 22.4 Å². The summed E-state index contributed by atoms with van der Waals surface area (Å²) in [6, 6.07) is 11.7. The van der Waals surface area contributed by atoms with Crippen molar-refractivity contribution in [3.05, 3.63) is 64.8 Å². The smallest absolute Gasteiger partial charge is 0.322 e. The fourth-order valence-corrected chi connectivity index (χ4v) is 5.62. The maximum Gasteiger partial charge on any atom is 0.322 e. The van der Waals surface area contributed by atoms with Gasteiger partial charge in [-0.3, -0.25) is 4.79 Å². The van der Waals surface area contributed by atoms with Crippen LogP contribution >= 0.6 is 0 Å². The minimum atomic E-state index is -3.96. The second-order valence-corrected chi connectivity index (χ2v) is 8.86. The van der Waals surface area contributed by atoms with Crippen LogP contribution in [0, 0.1) is 13.8 Å². The molecule has 7 heteroatoms. The molecule has 0 saturated heterocycles. The van der Waals surface area contributed by atoms with Gasteiger partial charge in [0.15, 0.2) is 0 Å². The van der Waals surface area contributed by atoms with Crippen molar-refractivity contribution in [3.63, 3.8) is 0 Å². The predicted molar refractivity (Wildman–Crippen MR) is 102 cm³/mol. The number of nitrogens with one attached hydrogen (secondary N) is 1. The molecule has 140 valence electrons. The van der Waals surface area contributed by atoms with Crippen LogP contribution in [0.3, 0.4) is 0 Å². The van der Waals surface area contributed by atoms with Crippen molar-refractivity contribution < 1.29 is 18.3 Å². The van der Waals surface area contributed by atoms with Crippen molar-refractivity contribution in [1.29, 1.82) is 0 Å². The molecule has 0 fully saturated rings. The van der Waals surface area contributed by atoms with Crippen molar-refractivity contribution >= 4 is 26.9 Å². The number of carboxylic acids is 1. The van der Waals surface area contributed by atoms with Crippen LogP contribution in [-0.2, 0) is 27.8 Å². The molecule has 1 aliphatic rings. The molecule has 4 rings (SSSR count). The highest BCUT2D eigenvalue weighted by atomic mass is 32.2. The molecule has 0 saturated carbocycles. The molecule has 2 N–H and O–H groups in total. The molecule has 0 spiro atoms. The molecule has 3 aromatic rings. The molecule has 0 aliphatic carbocycles. The third-order valence-electron chi connectivity index (χ3n) is 5.18. The number of aromatic nitrogens is 1.